The van der Waals surface area contributed by atoms with Crippen molar-refractivity contribution in [1.82, 2.24) is 4.98 Å². The number of fused-ring (bicyclic) bond motifs is 1. The zero-order valence-corrected chi connectivity index (χ0v) is 16.6. The third-order valence-electron chi connectivity index (χ3n) is 5.02. The van der Waals surface area contributed by atoms with Crippen molar-refractivity contribution in [2.24, 2.45) is 0 Å². The number of nitro groups is 1. The summed E-state index contributed by atoms with van der Waals surface area (Å²) in [6, 6.07) is 7.20. The van der Waals surface area contributed by atoms with Crippen molar-refractivity contribution in [2.75, 3.05) is 10.2 Å². The molecule has 152 valence electrons. The molecule has 9 nitrogen and oxygen atoms in total. The van der Waals surface area contributed by atoms with Crippen LogP contribution < -0.4 is 15.0 Å². The number of pyridine rings is 1. The lowest BCUT2D eigenvalue weighted by Gasteiger charge is -2.33. The fraction of sp³-hybridized carbons (Fsp3) is 0.350. The first-order valence-electron chi connectivity index (χ1n) is 9.26. The van der Waals surface area contributed by atoms with E-state index in [1.54, 1.807) is 19.9 Å². The Morgan fingerprint density at radius 3 is 2.72 bits per heavy atom. The maximum absolute atomic E-state index is 12.9. The SMILES string of the molecule is CCC1Oc2ccc([N+](=O)[O-])nc2N(C(C)C(=O)Nc2cccc(C)c2C)C1=O. The molecule has 0 radical (unpaired) electrons. The molecule has 2 unspecified atom stereocenters. The van der Waals surface area contributed by atoms with Crippen LogP contribution in [0.25, 0.3) is 0 Å². The van der Waals surface area contributed by atoms with Crippen LogP contribution in [-0.4, -0.2) is 33.9 Å². The Bertz CT molecular complexity index is 991. The van der Waals surface area contributed by atoms with Crippen LogP contribution in [0.5, 0.6) is 5.75 Å². The fourth-order valence-electron chi connectivity index (χ4n) is 3.13. The topological polar surface area (TPSA) is 115 Å². The molecule has 1 aromatic carbocycles. The van der Waals surface area contributed by atoms with E-state index in [0.29, 0.717) is 12.1 Å². The average molecular weight is 398 g/mol. The van der Waals surface area contributed by atoms with Gasteiger partial charge in [0.05, 0.1) is 0 Å². The quantitative estimate of drug-likeness (QED) is 0.611. The number of hydrogen-bond acceptors (Lipinski definition) is 6. The molecule has 0 saturated carbocycles. The third kappa shape index (κ3) is 3.75. The molecule has 0 bridgehead atoms. The maximum atomic E-state index is 12.9. The van der Waals surface area contributed by atoms with Gasteiger partial charge < -0.3 is 20.2 Å². The largest absolute Gasteiger partial charge is 0.474 e. The molecular formula is C20H22N4O5. The van der Waals surface area contributed by atoms with E-state index in [1.807, 2.05) is 26.0 Å². The molecule has 1 aliphatic heterocycles. The van der Waals surface area contributed by atoms with E-state index in [0.717, 1.165) is 11.1 Å². The Morgan fingerprint density at radius 2 is 2.07 bits per heavy atom. The number of hydrogen-bond donors (Lipinski definition) is 1. The van der Waals surface area contributed by atoms with Crippen LogP contribution in [0.1, 0.15) is 31.4 Å². The minimum Gasteiger partial charge on any atom is -0.474 e. The highest BCUT2D eigenvalue weighted by atomic mass is 16.6. The lowest BCUT2D eigenvalue weighted by atomic mass is 10.1. The monoisotopic (exact) mass is 398 g/mol. The second-order valence-corrected chi connectivity index (χ2v) is 6.88. The van der Waals surface area contributed by atoms with Crippen LogP contribution >= 0.6 is 0 Å². The highest BCUT2D eigenvalue weighted by molar-refractivity contribution is 6.07. The van der Waals surface area contributed by atoms with Crippen LogP contribution in [0.15, 0.2) is 30.3 Å². The standard InChI is InChI=1S/C20H22N4O5/c1-5-15-20(26)23(18-16(29-15)9-10-17(22-18)24(27)28)13(4)19(25)21-14-8-6-7-11(2)12(14)3/h6-10,13,15H,5H2,1-4H3,(H,21,25). The van der Waals surface area contributed by atoms with Gasteiger partial charge in [-0.15, -0.1) is 0 Å². The van der Waals surface area contributed by atoms with Crippen LogP contribution in [-0.2, 0) is 9.59 Å². The van der Waals surface area contributed by atoms with Gasteiger partial charge in [0, 0.05) is 11.8 Å². The second-order valence-electron chi connectivity index (χ2n) is 6.88. The van der Waals surface area contributed by atoms with Crippen molar-refractivity contribution >= 4 is 29.1 Å². The van der Waals surface area contributed by atoms with E-state index in [9.17, 15) is 19.7 Å². The van der Waals surface area contributed by atoms with Crippen LogP contribution in [0, 0.1) is 24.0 Å². The summed E-state index contributed by atoms with van der Waals surface area (Å²) in [5.74, 6) is -1.12. The van der Waals surface area contributed by atoms with Gasteiger partial charge in [-0.25, -0.2) is 0 Å². The summed E-state index contributed by atoms with van der Waals surface area (Å²) in [7, 11) is 0. The molecule has 2 heterocycles. The lowest BCUT2D eigenvalue weighted by molar-refractivity contribution is -0.389. The first kappa shape index (κ1) is 20.2. The maximum Gasteiger partial charge on any atom is 0.366 e. The summed E-state index contributed by atoms with van der Waals surface area (Å²) in [5, 5.41) is 14.0. The van der Waals surface area contributed by atoms with E-state index in [2.05, 4.69) is 10.3 Å². The Labute approximate surface area is 167 Å². The number of nitrogens with zero attached hydrogens (tertiary/aromatic N) is 3. The molecule has 2 amide bonds. The molecule has 0 spiro atoms. The summed E-state index contributed by atoms with van der Waals surface area (Å²) < 4.78 is 5.63. The predicted octanol–water partition coefficient (Wildman–Crippen LogP) is 3.14. The van der Waals surface area contributed by atoms with Gasteiger partial charge in [0.1, 0.15) is 6.04 Å². The fourth-order valence-corrected chi connectivity index (χ4v) is 3.13. The number of anilines is 2. The molecular weight excluding hydrogens is 376 g/mol. The first-order valence-corrected chi connectivity index (χ1v) is 9.26. The van der Waals surface area contributed by atoms with Crippen molar-refractivity contribution in [3.63, 3.8) is 0 Å². The number of ether oxygens (including phenoxy) is 1. The summed E-state index contributed by atoms with van der Waals surface area (Å²) in [4.78, 5) is 41.5. The van der Waals surface area contributed by atoms with Crippen molar-refractivity contribution in [3.8, 4) is 5.75 Å². The molecule has 1 aromatic heterocycles. The minimum absolute atomic E-state index is 0.0301. The van der Waals surface area contributed by atoms with Crippen molar-refractivity contribution in [3.05, 3.63) is 51.6 Å². The van der Waals surface area contributed by atoms with E-state index in [4.69, 9.17) is 4.74 Å². The molecule has 2 aromatic rings. The van der Waals surface area contributed by atoms with Gasteiger partial charge in [0.15, 0.2) is 11.9 Å². The van der Waals surface area contributed by atoms with Crippen LogP contribution in [0.3, 0.4) is 0 Å². The molecule has 3 rings (SSSR count). The number of nitrogens with one attached hydrogen (secondary N) is 1. The van der Waals surface area contributed by atoms with E-state index in [-0.39, 0.29) is 11.6 Å². The normalized spacial score (nSPS) is 16.6. The lowest BCUT2D eigenvalue weighted by Crippen LogP contribution is -2.53. The number of carbonyl (C=O) groups is 2. The molecule has 29 heavy (non-hydrogen) atoms. The zero-order valence-electron chi connectivity index (χ0n) is 16.6. The van der Waals surface area contributed by atoms with Crippen LogP contribution in [0.2, 0.25) is 0 Å². The van der Waals surface area contributed by atoms with Crippen molar-refractivity contribution < 1.29 is 19.2 Å². The first-order chi connectivity index (χ1) is 13.7. The summed E-state index contributed by atoms with van der Waals surface area (Å²) in [6.45, 7) is 7.17. The van der Waals surface area contributed by atoms with E-state index >= 15 is 0 Å². The van der Waals surface area contributed by atoms with E-state index in [1.165, 1.54) is 17.0 Å². The summed E-state index contributed by atoms with van der Waals surface area (Å²) in [5.41, 5.74) is 2.58. The van der Waals surface area contributed by atoms with Gasteiger partial charge in [0.25, 0.3) is 11.7 Å². The highest BCUT2D eigenvalue weighted by Gasteiger charge is 2.42. The van der Waals surface area contributed by atoms with Crippen molar-refractivity contribution in [2.45, 2.75) is 46.3 Å². The van der Waals surface area contributed by atoms with Crippen molar-refractivity contribution in [1.29, 1.82) is 0 Å². The molecule has 9 heteroatoms. The summed E-state index contributed by atoms with van der Waals surface area (Å²) in [6.07, 6.45) is -0.404. The van der Waals surface area contributed by atoms with Gasteiger partial charge in [-0.2, -0.15) is 0 Å². The smallest absolute Gasteiger partial charge is 0.366 e. The molecule has 0 saturated heterocycles. The highest BCUT2D eigenvalue weighted by Crippen LogP contribution is 2.36. The molecule has 1 N–H and O–H groups in total. The molecule has 2 atom stereocenters. The zero-order chi connectivity index (χ0) is 21.3. The molecule has 0 aliphatic carbocycles. The van der Waals surface area contributed by atoms with Gasteiger partial charge in [-0.3, -0.25) is 14.5 Å². The Morgan fingerprint density at radius 1 is 1.34 bits per heavy atom. The van der Waals surface area contributed by atoms with Gasteiger partial charge in [-0.05, 0) is 60.4 Å². The van der Waals surface area contributed by atoms with Gasteiger partial charge in [0.2, 0.25) is 5.91 Å². The minimum atomic E-state index is -0.950. The average Bonchev–Trinajstić information content (AvgIpc) is 2.70. The number of aromatic nitrogens is 1. The number of aryl methyl sites for hydroxylation is 1. The van der Waals surface area contributed by atoms with E-state index < -0.39 is 34.7 Å². The number of carbonyl (C=O) groups excluding carboxylic acids is 2. The number of benzene rings is 1. The Kier molecular flexibility index (Phi) is 5.49. The predicted molar refractivity (Wildman–Crippen MR) is 107 cm³/mol. The Balaban J connectivity index is 1.97. The summed E-state index contributed by atoms with van der Waals surface area (Å²) >= 11 is 0. The van der Waals surface area contributed by atoms with Gasteiger partial charge >= 0.3 is 5.82 Å². The molecule has 0 fully saturated rings. The number of rotatable bonds is 5. The van der Waals surface area contributed by atoms with Gasteiger partial charge in [-0.1, -0.05) is 19.1 Å². The molecule has 1 aliphatic rings. The second kappa shape index (κ2) is 7.86. The number of amides is 2. The Hall–Kier alpha value is -3.49. The third-order valence-corrected chi connectivity index (χ3v) is 5.02. The van der Waals surface area contributed by atoms with Crippen LogP contribution in [0.4, 0.5) is 17.3 Å².